The maximum Gasteiger partial charge on any atom is 3.00 e. The number of aryl methyl sites for hydroxylation is 2. The van der Waals surface area contributed by atoms with E-state index in [1.54, 1.807) is 0 Å². The van der Waals surface area contributed by atoms with Gasteiger partial charge in [-0.25, -0.2) is 0 Å². The maximum absolute atomic E-state index is 2.39. The molecule has 4 heteroatoms. The topological polar surface area (TPSA) is 0 Å². The zero-order valence-electron chi connectivity index (χ0n) is 29.6. The van der Waals surface area contributed by atoms with Gasteiger partial charge >= 0.3 is 26.2 Å². The van der Waals surface area contributed by atoms with Crippen LogP contribution < -0.4 is 0 Å². The van der Waals surface area contributed by atoms with Gasteiger partial charge in [-0.2, -0.15) is 12.1 Å². The molecule has 0 aliphatic heterocycles. The molecular weight excluding hydrogens is 659 g/mol. The molecule has 4 aromatic rings. The summed E-state index contributed by atoms with van der Waals surface area (Å²) in [5.41, 5.74) is 8.66. The summed E-state index contributed by atoms with van der Waals surface area (Å²) in [6.07, 6.45) is 5.54. The molecule has 0 atom stereocenters. The third-order valence-electron chi connectivity index (χ3n) is 7.58. The molecule has 0 saturated carbocycles. The first-order chi connectivity index (χ1) is 17.9. The normalized spacial score (nSPS) is 10.1. The van der Waals surface area contributed by atoms with Crippen LogP contribution in [0, 0.1) is 21.3 Å². The molecular formula is C39H61Cl2SiZr. The Kier molecular flexibility index (Phi) is 27.1. The van der Waals surface area contributed by atoms with Crippen LogP contribution in [0.2, 0.25) is 0 Å². The van der Waals surface area contributed by atoms with Gasteiger partial charge in [0.1, 0.15) is 0 Å². The van der Waals surface area contributed by atoms with Crippen molar-refractivity contribution in [3.63, 3.8) is 0 Å². The summed E-state index contributed by atoms with van der Waals surface area (Å²) in [6, 6.07) is 18.7. The molecule has 239 valence electrons. The quantitative estimate of drug-likeness (QED) is 0.101. The van der Waals surface area contributed by atoms with E-state index in [0.717, 1.165) is 0 Å². The fourth-order valence-electron chi connectivity index (χ4n) is 5.17. The van der Waals surface area contributed by atoms with Gasteiger partial charge in [-0.15, -0.1) is 81.8 Å². The van der Waals surface area contributed by atoms with Gasteiger partial charge in [0.05, 0.1) is 0 Å². The van der Waals surface area contributed by atoms with Gasteiger partial charge in [0.2, 0.25) is 0 Å². The number of hydrogen-bond donors (Lipinski definition) is 0. The first-order valence-corrected chi connectivity index (χ1v) is 15.3. The molecule has 0 fully saturated rings. The molecule has 4 rings (SSSR count). The monoisotopic (exact) mass is 717 g/mol. The molecule has 43 heavy (non-hydrogen) atoms. The third-order valence-corrected chi connectivity index (χ3v) is 7.58. The van der Waals surface area contributed by atoms with Gasteiger partial charge < -0.3 is 7.43 Å². The standard InChI is InChI=1S/2C16H21.C6H14.CH3.2ClH.Si.Zr/c2*1-10(2)13-8-14-6-12(5)7-16(14)15(9-13)11(3)4;1-3-5-6-4-2;;;;;/h2*6-11H,1-5H3;3-6H2,1-2H3;1H3;2*1H;;/q2*-1;;-1;;;;+3. The predicted octanol–water partition coefficient (Wildman–Crippen LogP) is 13.7. The van der Waals surface area contributed by atoms with Crippen molar-refractivity contribution in [3.8, 4) is 0 Å². The van der Waals surface area contributed by atoms with Gasteiger partial charge in [-0.05, 0) is 23.7 Å². The fraction of sp³-hybridized carbons (Fsp3) is 0.513. The zero-order chi connectivity index (χ0) is 28.6. The molecule has 0 aromatic heterocycles. The average molecular weight is 720 g/mol. The van der Waals surface area contributed by atoms with Crippen molar-refractivity contribution in [2.75, 3.05) is 0 Å². The third kappa shape index (κ3) is 14.5. The Hall–Kier alpha value is -0.660. The van der Waals surface area contributed by atoms with E-state index in [1.165, 1.54) is 80.6 Å². The van der Waals surface area contributed by atoms with Crippen LogP contribution in [0.3, 0.4) is 0 Å². The fourth-order valence-corrected chi connectivity index (χ4v) is 5.17. The molecule has 0 unspecified atom stereocenters. The Bertz CT molecular complexity index is 1180. The Morgan fingerprint density at radius 1 is 0.535 bits per heavy atom. The molecule has 0 aliphatic rings. The number of benzene rings is 2. The molecule has 0 nitrogen and oxygen atoms in total. The summed E-state index contributed by atoms with van der Waals surface area (Å²) in [5, 5.41) is 5.70. The van der Waals surface area contributed by atoms with E-state index in [4.69, 9.17) is 0 Å². The van der Waals surface area contributed by atoms with Crippen molar-refractivity contribution in [3.05, 3.63) is 89.3 Å². The number of unbranched alkanes of at least 4 members (excludes halogenated alkanes) is 3. The van der Waals surface area contributed by atoms with Crippen LogP contribution in [-0.2, 0) is 26.2 Å². The summed E-state index contributed by atoms with van der Waals surface area (Å²) in [6.45, 7) is 27.0. The summed E-state index contributed by atoms with van der Waals surface area (Å²) in [7, 11) is 0. The molecule has 0 bridgehead atoms. The van der Waals surface area contributed by atoms with Crippen molar-refractivity contribution in [2.45, 2.75) is 132 Å². The second kappa shape index (κ2) is 23.6. The number of halogens is 2. The molecule has 0 heterocycles. The van der Waals surface area contributed by atoms with E-state index < -0.39 is 0 Å². The minimum atomic E-state index is 0. The van der Waals surface area contributed by atoms with Gasteiger partial charge in [-0.3, -0.25) is 0 Å². The summed E-state index contributed by atoms with van der Waals surface area (Å²) in [4.78, 5) is 0. The molecule has 0 saturated heterocycles. The van der Waals surface area contributed by atoms with E-state index in [9.17, 15) is 0 Å². The van der Waals surface area contributed by atoms with Crippen molar-refractivity contribution < 1.29 is 26.2 Å². The van der Waals surface area contributed by atoms with E-state index >= 15 is 0 Å². The Morgan fingerprint density at radius 2 is 0.837 bits per heavy atom. The van der Waals surface area contributed by atoms with Gasteiger partial charge in [0.25, 0.3) is 0 Å². The van der Waals surface area contributed by atoms with E-state index in [-0.39, 0.29) is 69.4 Å². The molecule has 0 amide bonds. The average Bonchev–Trinajstić information content (AvgIpc) is 3.42. The van der Waals surface area contributed by atoms with Crippen LogP contribution in [0.5, 0.6) is 0 Å². The molecule has 5 radical (unpaired) electrons. The van der Waals surface area contributed by atoms with Crippen molar-refractivity contribution >= 4 is 57.3 Å². The van der Waals surface area contributed by atoms with Crippen LogP contribution in [0.15, 0.2) is 48.5 Å². The van der Waals surface area contributed by atoms with E-state index in [0.29, 0.717) is 23.7 Å². The van der Waals surface area contributed by atoms with E-state index in [2.05, 4.69) is 132 Å². The van der Waals surface area contributed by atoms with Crippen molar-refractivity contribution in [1.29, 1.82) is 0 Å². The van der Waals surface area contributed by atoms with Crippen LogP contribution in [0.25, 0.3) is 21.5 Å². The zero-order valence-corrected chi connectivity index (χ0v) is 34.7. The minimum Gasteiger partial charge on any atom is -0.358 e. The molecule has 0 spiro atoms. The van der Waals surface area contributed by atoms with Gasteiger partial charge in [0.15, 0.2) is 0 Å². The van der Waals surface area contributed by atoms with Crippen LogP contribution in [0.4, 0.5) is 0 Å². The van der Waals surface area contributed by atoms with Crippen molar-refractivity contribution in [2.24, 2.45) is 0 Å². The largest absolute Gasteiger partial charge is 3.00 e. The van der Waals surface area contributed by atoms with E-state index in [1.807, 2.05) is 0 Å². The Morgan fingerprint density at radius 3 is 1.07 bits per heavy atom. The second-order valence-electron chi connectivity index (χ2n) is 12.6. The van der Waals surface area contributed by atoms with Gasteiger partial charge in [0, 0.05) is 11.0 Å². The summed E-state index contributed by atoms with van der Waals surface area (Å²) in [5.74, 6) is 2.42. The van der Waals surface area contributed by atoms with Gasteiger partial charge in [-0.1, -0.05) is 143 Å². The summed E-state index contributed by atoms with van der Waals surface area (Å²) < 4.78 is 0. The minimum absolute atomic E-state index is 0. The molecule has 4 aromatic carbocycles. The first-order valence-electron chi connectivity index (χ1n) is 15.3. The summed E-state index contributed by atoms with van der Waals surface area (Å²) >= 11 is 0. The number of hydrogen-bond acceptors (Lipinski definition) is 0. The Balaban J connectivity index is -0.000000272. The first kappa shape index (κ1) is 49.2. The van der Waals surface area contributed by atoms with Crippen LogP contribution in [0.1, 0.15) is 152 Å². The van der Waals surface area contributed by atoms with Crippen molar-refractivity contribution in [1.82, 2.24) is 0 Å². The van der Waals surface area contributed by atoms with Crippen LogP contribution in [-0.4, -0.2) is 11.0 Å². The molecule has 0 N–H and O–H groups in total. The number of fused-ring (bicyclic) bond motifs is 2. The number of rotatable bonds is 7. The Labute approximate surface area is 303 Å². The SMILES string of the molecule is CCCCCC.Cc1cc2c(C(C)C)cc(C(C)C)cc2[cH-]1.Cc1cc2c(C(C)C)cc(C(C)C)cc2[cH-]1.Cl.Cl.[CH3-].[Si].[Zr+3]. The molecule has 0 aliphatic carbocycles. The second-order valence-corrected chi connectivity index (χ2v) is 12.6. The predicted molar refractivity (Wildman–Crippen MR) is 201 cm³/mol. The maximum atomic E-state index is 2.39. The van der Waals surface area contributed by atoms with Crippen LogP contribution >= 0.6 is 24.8 Å². The smallest absolute Gasteiger partial charge is 0.358 e.